The predicted molar refractivity (Wildman–Crippen MR) is 337 cm³/mol. The van der Waals surface area contributed by atoms with Crippen molar-refractivity contribution in [2.75, 3.05) is 0 Å². The number of allylic oxidation sites excluding steroid dienone is 4. The van der Waals surface area contributed by atoms with Crippen LogP contribution in [0, 0.1) is 27.7 Å². The molecule has 0 amide bonds. The highest BCUT2D eigenvalue weighted by Gasteiger charge is 2.56. The minimum Gasteiger partial charge on any atom is -0.393 e. The van der Waals surface area contributed by atoms with Gasteiger partial charge in [0.15, 0.2) is 22.7 Å². The minimum atomic E-state index is -3.99. The Hall–Kier alpha value is -9.31. The van der Waals surface area contributed by atoms with Crippen molar-refractivity contribution in [3.05, 3.63) is 236 Å². The van der Waals surface area contributed by atoms with Gasteiger partial charge in [0, 0.05) is 71.7 Å². The van der Waals surface area contributed by atoms with E-state index in [-0.39, 0.29) is 12.1 Å². The van der Waals surface area contributed by atoms with Crippen molar-refractivity contribution in [1.82, 2.24) is 48.0 Å². The highest BCUT2D eigenvalue weighted by atomic mass is 19.3. The van der Waals surface area contributed by atoms with Crippen LogP contribution >= 0.6 is 0 Å². The fraction of sp³-hybridized carbons (Fsp3) is 0.235. The first-order chi connectivity index (χ1) is 41.1. The maximum atomic E-state index is 16.0. The zero-order valence-corrected chi connectivity index (χ0v) is 50.5. The third-order valence-corrected chi connectivity index (χ3v) is 17.4. The van der Waals surface area contributed by atoms with Gasteiger partial charge in [0.2, 0.25) is 0 Å². The molecule has 4 aromatic carbocycles. The van der Waals surface area contributed by atoms with Crippen LogP contribution in [0.2, 0.25) is 0 Å². The Bertz CT molecular complexity index is 4380. The fourth-order valence-electron chi connectivity index (χ4n) is 13.7. The second-order valence-corrected chi connectivity index (χ2v) is 24.1. The van der Waals surface area contributed by atoms with Crippen LogP contribution in [0.4, 0.5) is 17.3 Å². The van der Waals surface area contributed by atoms with E-state index >= 15 is 17.3 Å². The van der Waals surface area contributed by atoms with Gasteiger partial charge in [-0.05, 0) is 162 Å². The SMILES string of the molecule is CC1=CC(C)=[N+]2C1=C(c1ccc(Cc3cccc(-c4ncnc5c4ncn5C(C)C)c3)cc1)c1c(C)cc(C)n1[B-]2(F)F.CC1=CC(C)=[N+]2C1=C(c1ccc(Cc3cccc(-c4ncnc5c4ncn5C(C)C)c3)cc1)c1c(C)cc(C)n1[B-]2(F)F. The second kappa shape index (κ2) is 20.7. The largest absolute Gasteiger partial charge is 0.737 e. The molecule has 6 aromatic heterocycles. The molecule has 12 nitrogen and oxygen atoms in total. The summed E-state index contributed by atoms with van der Waals surface area (Å²) in [5.41, 5.74) is 23.1. The summed E-state index contributed by atoms with van der Waals surface area (Å²) >= 11 is 0. The fourth-order valence-corrected chi connectivity index (χ4v) is 13.7. The van der Waals surface area contributed by atoms with Crippen molar-refractivity contribution in [3.63, 3.8) is 0 Å². The molecule has 0 aliphatic carbocycles. The summed E-state index contributed by atoms with van der Waals surface area (Å²) in [6, 6.07) is 37.6. The average Bonchev–Trinajstić information content (AvgIpc) is 1.52. The maximum Gasteiger partial charge on any atom is 0.737 e. The number of aromatic nitrogens is 10. The molecule has 0 bridgehead atoms. The molecule has 18 heteroatoms. The van der Waals surface area contributed by atoms with Crippen molar-refractivity contribution in [2.45, 2.75) is 108 Å². The number of benzene rings is 4. The Morgan fingerprint density at radius 3 is 1.20 bits per heavy atom. The van der Waals surface area contributed by atoms with E-state index in [4.69, 9.17) is 0 Å². The van der Waals surface area contributed by atoms with Crippen LogP contribution in [0.25, 0.3) is 56.0 Å². The highest BCUT2D eigenvalue weighted by Crippen LogP contribution is 2.46. The van der Waals surface area contributed by atoms with Gasteiger partial charge in [-0.15, -0.1) is 0 Å². The molecule has 0 unspecified atom stereocenters. The van der Waals surface area contributed by atoms with E-state index in [0.29, 0.717) is 45.6 Å². The molecule has 4 aliphatic rings. The first-order valence-corrected chi connectivity index (χ1v) is 29.4. The van der Waals surface area contributed by atoms with E-state index in [1.54, 1.807) is 40.3 Å². The lowest BCUT2D eigenvalue weighted by Gasteiger charge is -2.34. The van der Waals surface area contributed by atoms with Crippen molar-refractivity contribution in [1.29, 1.82) is 0 Å². The Morgan fingerprint density at radius 1 is 0.442 bits per heavy atom. The zero-order valence-electron chi connectivity index (χ0n) is 50.5. The number of imidazole rings is 2. The first kappa shape index (κ1) is 55.9. The van der Waals surface area contributed by atoms with E-state index < -0.39 is 13.9 Å². The van der Waals surface area contributed by atoms with Gasteiger partial charge in [-0.25, -0.2) is 29.9 Å². The van der Waals surface area contributed by atoms with Crippen LogP contribution in [0.15, 0.2) is 169 Å². The van der Waals surface area contributed by atoms with E-state index in [9.17, 15) is 0 Å². The maximum absolute atomic E-state index is 16.0. The Labute approximate surface area is 497 Å². The van der Waals surface area contributed by atoms with Gasteiger partial charge in [-0.2, -0.15) is 0 Å². The summed E-state index contributed by atoms with van der Waals surface area (Å²) in [6.07, 6.45) is 12.0. The number of halogens is 4. The lowest BCUT2D eigenvalue weighted by Crippen LogP contribution is -2.51. The summed E-state index contributed by atoms with van der Waals surface area (Å²) in [7, 11) is 0. The van der Waals surface area contributed by atoms with Crippen LogP contribution in [0.5, 0.6) is 0 Å². The monoisotopic (exact) mass is 1150 g/mol. The number of rotatable bonds is 10. The van der Waals surface area contributed by atoms with Crippen LogP contribution in [0.1, 0.15) is 135 Å². The van der Waals surface area contributed by atoms with Gasteiger partial charge >= 0.3 is 13.9 Å². The lowest BCUT2D eigenvalue weighted by molar-refractivity contribution is -0.364. The highest BCUT2D eigenvalue weighted by molar-refractivity contribution is 6.59. The molecule has 0 spiro atoms. The van der Waals surface area contributed by atoms with Gasteiger partial charge in [-0.1, -0.05) is 84.9 Å². The van der Waals surface area contributed by atoms with Crippen molar-refractivity contribution >= 4 is 58.8 Å². The Balaban J connectivity index is 0.000000160. The Kier molecular flexibility index (Phi) is 13.5. The van der Waals surface area contributed by atoms with Gasteiger partial charge in [-0.3, -0.25) is 0 Å². The summed E-state index contributed by atoms with van der Waals surface area (Å²) < 4.78 is 73.0. The van der Waals surface area contributed by atoms with Gasteiger partial charge in [0.05, 0.1) is 23.8 Å². The van der Waals surface area contributed by atoms with E-state index in [2.05, 4.69) is 152 Å². The van der Waals surface area contributed by atoms with Crippen LogP contribution in [-0.4, -0.2) is 82.3 Å². The van der Waals surface area contributed by atoms with Crippen molar-refractivity contribution in [3.8, 4) is 22.5 Å². The Morgan fingerprint density at radius 2 is 0.826 bits per heavy atom. The predicted octanol–water partition coefficient (Wildman–Crippen LogP) is 15.0. The number of aryl methyl sites for hydroxylation is 4. The molecule has 10 aromatic rings. The molecule has 0 atom stereocenters. The quantitative estimate of drug-likeness (QED) is 0.0998. The molecule has 10 heterocycles. The van der Waals surface area contributed by atoms with Crippen LogP contribution in [0.3, 0.4) is 0 Å². The molecule has 0 fully saturated rings. The van der Waals surface area contributed by atoms with E-state index in [0.717, 1.165) is 124 Å². The molecular formula is C68H66B2F4N12. The summed E-state index contributed by atoms with van der Waals surface area (Å²) in [6.45, 7) is 15.2. The molecule has 432 valence electrons. The molecule has 14 rings (SSSR count). The van der Waals surface area contributed by atoms with Gasteiger partial charge in [0.1, 0.15) is 46.5 Å². The second-order valence-electron chi connectivity index (χ2n) is 24.1. The molecule has 0 N–H and O–H groups in total. The summed E-state index contributed by atoms with van der Waals surface area (Å²) in [4.78, 5) is 27.4. The normalized spacial score (nSPS) is 15.9. The molecule has 4 aliphatic heterocycles. The smallest absolute Gasteiger partial charge is 0.393 e. The van der Waals surface area contributed by atoms with Gasteiger partial charge < -0.3 is 44.3 Å². The average molecular weight is 1150 g/mol. The number of nitrogens with zero attached hydrogens (tertiary/aromatic N) is 12. The number of fused-ring (bicyclic) bond motifs is 6. The van der Waals surface area contributed by atoms with Gasteiger partial charge in [0.25, 0.3) is 0 Å². The minimum absolute atomic E-state index is 0.251. The zero-order chi connectivity index (χ0) is 60.4. The lowest BCUT2D eigenvalue weighted by atomic mass is 9.83. The standard InChI is InChI=1S/2C34H33BF2N6/c2*1-20(2)41-19-40-31-30(38-18-39-34(31)41)28-9-7-8-26(17-28)16-25-10-12-27(13-11-25)29-32-21(3)14-23(5)42(32)35(36,37)43-24(6)15-22(4)33(29)43/h2*7-15,17-20H,16H2,1-6H3. The summed E-state index contributed by atoms with van der Waals surface area (Å²) in [5, 5.41) is 0. The number of hydrogen-bond acceptors (Lipinski definition) is 6. The topological polar surface area (TPSA) is 103 Å². The van der Waals surface area contributed by atoms with E-state index in [1.165, 1.54) is 17.9 Å². The van der Waals surface area contributed by atoms with E-state index in [1.807, 2.05) is 76.8 Å². The molecule has 86 heavy (non-hydrogen) atoms. The van der Waals surface area contributed by atoms with Crippen LogP contribution < -0.4 is 0 Å². The third kappa shape index (κ3) is 8.97. The molecule has 0 saturated heterocycles. The first-order valence-electron chi connectivity index (χ1n) is 29.4. The van der Waals surface area contributed by atoms with Crippen molar-refractivity contribution in [2.24, 2.45) is 0 Å². The van der Waals surface area contributed by atoms with Crippen LogP contribution in [-0.2, 0) is 12.8 Å². The summed E-state index contributed by atoms with van der Waals surface area (Å²) in [5.74, 6) is 0. The molecular weight excluding hydrogens is 1080 g/mol. The molecule has 0 saturated carbocycles. The van der Waals surface area contributed by atoms with Crippen molar-refractivity contribution < 1.29 is 26.2 Å². The number of hydrogen-bond donors (Lipinski definition) is 0. The molecule has 0 radical (unpaired) electrons. The third-order valence-electron chi connectivity index (χ3n) is 17.4.